The Morgan fingerprint density at radius 1 is 1.25 bits per heavy atom. The van der Waals surface area contributed by atoms with Crippen LogP contribution in [0.4, 0.5) is 5.69 Å². The van der Waals surface area contributed by atoms with Crippen LogP contribution >= 0.6 is 15.9 Å². The van der Waals surface area contributed by atoms with Gasteiger partial charge < -0.3 is 14.8 Å². The summed E-state index contributed by atoms with van der Waals surface area (Å²) in [6.07, 6.45) is 4.52. The Balaban J connectivity index is 1.76. The summed E-state index contributed by atoms with van der Waals surface area (Å²) in [5, 5.41) is 7.14. The molecule has 3 rings (SSSR count). The van der Waals surface area contributed by atoms with Gasteiger partial charge in [0.1, 0.15) is 0 Å². The maximum atomic E-state index is 12.7. The second-order valence-corrected chi connectivity index (χ2v) is 7.05. The molecule has 1 aromatic heterocycles. The van der Waals surface area contributed by atoms with E-state index in [0.29, 0.717) is 34.7 Å². The molecule has 1 heterocycles. The van der Waals surface area contributed by atoms with Crippen molar-refractivity contribution in [1.29, 1.82) is 0 Å². The number of carbonyl (C=O) groups is 1. The fourth-order valence-corrected chi connectivity index (χ4v) is 3.28. The first-order valence-corrected chi connectivity index (χ1v) is 9.78. The van der Waals surface area contributed by atoms with Gasteiger partial charge in [-0.3, -0.25) is 9.48 Å². The van der Waals surface area contributed by atoms with Crippen LogP contribution in [0, 0.1) is 0 Å². The Morgan fingerprint density at radius 3 is 2.82 bits per heavy atom. The molecule has 7 heteroatoms. The molecule has 1 amide bonds. The highest BCUT2D eigenvalue weighted by molar-refractivity contribution is 9.10. The third-order valence-corrected chi connectivity index (χ3v) is 4.62. The fourth-order valence-electron chi connectivity index (χ4n) is 2.73. The van der Waals surface area contributed by atoms with Crippen LogP contribution in [0.25, 0.3) is 0 Å². The second kappa shape index (κ2) is 9.41. The summed E-state index contributed by atoms with van der Waals surface area (Å²) >= 11 is 3.47. The Hall–Kier alpha value is -2.80. The zero-order valence-electron chi connectivity index (χ0n) is 15.8. The minimum absolute atomic E-state index is 0.225. The van der Waals surface area contributed by atoms with Crippen molar-refractivity contribution < 1.29 is 14.3 Å². The first-order valence-electron chi connectivity index (χ1n) is 8.98. The van der Waals surface area contributed by atoms with Crippen molar-refractivity contribution in [1.82, 2.24) is 9.78 Å². The van der Waals surface area contributed by atoms with Gasteiger partial charge >= 0.3 is 0 Å². The molecule has 0 unspecified atom stereocenters. The SMILES string of the molecule is CCCOc1c(Br)cc(C(=O)Nc2cccc(Cn3cccn3)c2)cc1OC. The molecular weight excluding hydrogens is 422 g/mol. The van der Waals surface area contributed by atoms with E-state index in [-0.39, 0.29) is 5.91 Å². The van der Waals surface area contributed by atoms with Crippen LogP contribution in [-0.2, 0) is 6.54 Å². The number of ether oxygens (including phenoxy) is 2. The van der Waals surface area contributed by atoms with E-state index >= 15 is 0 Å². The summed E-state index contributed by atoms with van der Waals surface area (Å²) < 4.78 is 13.6. The maximum absolute atomic E-state index is 12.7. The summed E-state index contributed by atoms with van der Waals surface area (Å²) in [5.41, 5.74) is 2.24. The number of amides is 1. The highest BCUT2D eigenvalue weighted by Crippen LogP contribution is 2.37. The Morgan fingerprint density at radius 2 is 2.11 bits per heavy atom. The van der Waals surface area contributed by atoms with Gasteiger partial charge in [0.25, 0.3) is 5.91 Å². The molecule has 3 aromatic rings. The van der Waals surface area contributed by atoms with E-state index in [4.69, 9.17) is 9.47 Å². The molecule has 0 atom stereocenters. The van der Waals surface area contributed by atoms with Crippen LogP contribution in [0.2, 0.25) is 0 Å². The lowest BCUT2D eigenvalue weighted by Crippen LogP contribution is -2.13. The molecule has 0 aliphatic rings. The predicted molar refractivity (Wildman–Crippen MR) is 112 cm³/mol. The number of hydrogen-bond acceptors (Lipinski definition) is 4. The van der Waals surface area contributed by atoms with Gasteiger partial charge in [0.15, 0.2) is 11.5 Å². The quantitative estimate of drug-likeness (QED) is 0.545. The van der Waals surface area contributed by atoms with Crippen molar-refractivity contribution in [2.75, 3.05) is 19.0 Å². The van der Waals surface area contributed by atoms with Crippen LogP contribution in [0.15, 0.2) is 59.3 Å². The van der Waals surface area contributed by atoms with Gasteiger partial charge in [-0.2, -0.15) is 5.10 Å². The van der Waals surface area contributed by atoms with Crippen molar-refractivity contribution in [3.05, 3.63) is 70.5 Å². The molecule has 0 aliphatic carbocycles. The third kappa shape index (κ3) is 4.92. The van der Waals surface area contributed by atoms with Crippen molar-refractivity contribution in [2.45, 2.75) is 19.9 Å². The van der Waals surface area contributed by atoms with Gasteiger partial charge in [-0.05, 0) is 58.2 Å². The van der Waals surface area contributed by atoms with Crippen LogP contribution in [0.5, 0.6) is 11.5 Å². The summed E-state index contributed by atoms with van der Waals surface area (Å²) in [5.74, 6) is 0.889. The number of benzene rings is 2. The number of anilines is 1. The van der Waals surface area contributed by atoms with E-state index in [0.717, 1.165) is 17.7 Å². The minimum Gasteiger partial charge on any atom is -0.493 e. The lowest BCUT2D eigenvalue weighted by atomic mass is 10.1. The van der Waals surface area contributed by atoms with Crippen molar-refractivity contribution in [2.24, 2.45) is 0 Å². The summed E-state index contributed by atoms with van der Waals surface area (Å²) in [6.45, 7) is 3.24. The van der Waals surface area contributed by atoms with Gasteiger partial charge in [-0.1, -0.05) is 19.1 Å². The highest BCUT2D eigenvalue weighted by atomic mass is 79.9. The predicted octanol–water partition coefficient (Wildman–Crippen LogP) is 4.74. The summed E-state index contributed by atoms with van der Waals surface area (Å²) in [6, 6.07) is 13.0. The molecule has 0 saturated heterocycles. The molecule has 0 radical (unpaired) electrons. The average molecular weight is 444 g/mol. The molecule has 0 bridgehead atoms. The third-order valence-electron chi connectivity index (χ3n) is 4.03. The number of rotatable bonds is 8. The standard InChI is InChI=1S/C21H22BrN3O3/c1-3-10-28-20-18(22)12-16(13-19(20)27-2)21(26)24-17-7-4-6-15(11-17)14-25-9-5-8-23-25/h4-9,11-13H,3,10,14H2,1-2H3,(H,24,26). The number of carbonyl (C=O) groups excluding carboxylic acids is 1. The van der Waals surface area contributed by atoms with Crippen LogP contribution in [0.3, 0.4) is 0 Å². The molecular formula is C21H22BrN3O3. The first-order chi connectivity index (χ1) is 13.6. The normalized spacial score (nSPS) is 10.5. The smallest absolute Gasteiger partial charge is 0.255 e. The number of methoxy groups -OCH3 is 1. The largest absolute Gasteiger partial charge is 0.493 e. The molecule has 0 spiro atoms. The summed E-state index contributed by atoms with van der Waals surface area (Å²) in [4.78, 5) is 12.7. The highest BCUT2D eigenvalue weighted by Gasteiger charge is 2.16. The lowest BCUT2D eigenvalue weighted by Gasteiger charge is -2.14. The van der Waals surface area contributed by atoms with Crippen LogP contribution < -0.4 is 14.8 Å². The Labute approximate surface area is 172 Å². The summed E-state index contributed by atoms with van der Waals surface area (Å²) in [7, 11) is 1.56. The van der Waals surface area contributed by atoms with E-state index in [1.165, 1.54) is 0 Å². The topological polar surface area (TPSA) is 65.4 Å². The molecule has 0 saturated carbocycles. The van der Waals surface area contributed by atoms with Gasteiger partial charge in [-0.15, -0.1) is 0 Å². The molecule has 1 N–H and O–H groups in total. The zero-order chi connectivity index (χ0) is 19.9. The average Bonchev–Trinajstić information content (AvgIpc) is 3.19. The van der Waals surface area contributed by atoms with Crippen molar-refractivity contribution >= 4 is 27.5 Å². The van der Waals surface area contributed by atoms with Crippen LogP contribution in [0.1, 0.15) is 29.3 Å². The van der Waals surface area contributed by atoms with Gasteiger partial charge in [0.05, 0.1) is 24.7 Å². The van der Waals surface area contributed by atoms with E-state index < -0.39 is 0 Å². The number of aromatic nitrogens is 2. The van der Waals surface area contributed by atoms with Crippen LogP contribution in [-0.4, -0.2) is 29.4 Å². The second-order valence-electron chi connectivity index (χ2n) is 6.20. The molecule has 2 aromatic carbocycles. The zero-order valence-corrected chi connectivity index (χ0v) is 17.4. The molecule has 0 aliphatic heterocycles. The monoisotopic (exact) mass is 443 g/mol. The molecule has 28 heavy (non-hydrogen) atoms. The number of nitrogens with zero attached hydrogens (tertiary/aromatic N) is 2. The lowest BCUT2D eigenvalue weighted by molar-refractivity contribution is 0.102. The van der Waals surface area contributed by atoms with Crippen molar-refractivity contribution in [3.8, 4) is 11.5 Å². The van der Waals surface area contributed by atoms with Gasteiger partial charge in [0.2, 0.25) is 0 Å². The van der Waals surface area contributed by atoms with Gasteiger partial charge in [-0.25, -0.2) is 0 Å². The maximum Gasteiger partial charge on any atom is 0.255 e. The minimum atomic E-state index is -0.225. The Kier molecular flexibility index (Phi) is 6.71. The molecule has 6 nitrogen and oxygen atoms in total. The molecule has 0 fully saturated rings. The van der Waals surface area contributed by atoms with E-state index in [2.05, 4.69) is 26.3 Å². The van der Waals surface area contributed by atoms with E-state index in [1.807, 2.05) is 48.1 Å². The number of nitrogens with one attached hydrogen (secondary N) is 1. The van der Waals surface area contributed by atoms with E-state index in [1.54, 1.807) is 25.4 Å². The number of halogens is 1. The Bertz CT molecular complexity index is 942. The fraction of sp³-hybridized carbons (Fsp3) is 0.238. The first kappa shape index (κ1) is 19.9. The molecule has 146 valence electrons. The van der Waals surface area contributed by atoms with Gasteiger partial charge in [0, 0.05) is 23.6 Å². The van der Waals surface area contributed by atoms with Crippen molar-refractivity contribution in [3.63, 3.8) is 0 Å². The number of hydrogen-bond donors (Lipinski definition) is 1. The van der Waals surface area contributed by atoms with E-state index in [9.17, 15) is 4.79 Å².